The quantitative estimate of drug-likeness (QED) is 0.935. The first kappa shape index (κ1) is 15.8. The van der Waals surface area contributed by atoms with Crippen LogP contribution in [0.25, 0.3) is 0 Å². The Kier molecular flexibility index (Phi) is 3.99. The van der Waals surface area contributed by atoms with E-state index in [2.05, 4.69) is 5.32 Å². The highest BCUT2D eigenvalue weighted by Gasteiger charge is 2.30. The predicted molar refractivity (Wildman–Crippen MR) is 93.0 cm³/mol. The standard InChI is InChI=1S/C20H19FN2O2/c21-17-6-2-1-4-15(17)12-22-20(25)16-10-13-5-3-9-23-18(24)8-7-14(11-16)19(13)23/h1-2,4,6,10-11H,3,5,7-9,12H2,(H,22,25). The Hall–Kier alpha value is -2.69. The SMILES string of the molecule is O=C(NCc1ccccc1F)c1cc2c3c(c1)CCC(=O)N3CCC2. The Morgan fingerprint density at radius 1 is 1.12 bits per heavy atom. The van der Waals surface area contributed by atoms with Crippen molar-refractivity contribution in [3.63, 3.8) is 0 Å². The van der Waals surface area contributed by atoms with Crippen LogP contribution in [0.5, 0.6) is 0 Å². The molecule has 0 bridgehead atoms. The number of nitrogens with zero attached hydrogens (tertiary/aromatic N) is 1. The Morgan fingerprint density at radius 2 is 1.88 bits per heavy atom. The molecule has 128 valence electrons. The van der Waals surface area contributed by atoms with Crippen molar-refractivity contribution in [3.05, 3.63) is 64.5 Å². The van der Waals surface area contributed by atoms with Crippen molar-refractivity contribution in [2.24, 2.45) is 0 Å². The zero-order valence-electron chi connectivity index (χ0n) is 13.8. The lowest BCUT2D eigenvalue weighted by molar-refractivity contribution is -0.119. The summed E-state index contributed by atoms with van der Waals surface area (Å²) < 4.78 is 13.7. The third kappa shape index (κ3) is 2.90. The summed E-state index contributed by atoms with van der Waals surface area (Å²) >= 11 is 0. The highest BCUT2D eigenvalue weighted by molar-refractivity contribution is 6.00. The van der Waals surface area contributed by atoms with Crippen molar-refractivity contribution in [1.29, 1.82) is 0 Å². The summed E-state index contributed by atoms with van der Waals surface area (Å²) in [7, 11) is 0. The number of nitrogens with one attached hydrogen (secondary N) is 1. The van der Waals surface area contributed by atoms with Gasteiger partial charge in [-0.2, -0.15) is 0 Å². The number of benzene rings is 2. The second-order valence-electron chi connectivity index (χ2n) is 6.57. The monoisotopic (exact) mass is 338 g/mol. The number of hydrogen-bond acceptors (Lipinski definition) is 2. The normalized spacial score (nSPS) is 15.7. The van der Waals surface area contributed by atoms with Gasteiger partial charge < -0.3 is 10.2 Å². The number of hydrogen-bond donors (Lipinski definition) is 1. The Morgan fingerprint density at radius 3 is 2.68 bits per heavy atom. The van der Waals surface area contributed by atoms with E-state index in [1.54, 1.807) is 18.2 Å². The van der Waals surface area contributed by atoms with Gasteiger partial charge >= 0.3 is 0 Å². The van der Waals surface area contributed by atoms with Gasteiger partial charge in [0, 0.05) is 30.6 Å². The van der Waals surface area contributed by atoms with Gasteiger partial charge in [0.05, 0.1) is 5.69 Å². The summed E-state index contributed by atoms with van der Waals surface area (Å²) in [4.78, 5) is 26.5. The van der Waals surface area contributed by atoms with E-state index >= 15 is 0 Å². The van der Waals surface area contributed by atoms with Crippen molar-refractivity contribution < 1.29 is 14.0 Å². The molecular weight excluding hydrogens is 319 g/mol. The van der Waals surface area contributed by atoms with Crippen molar-refractivity contribution in [2.45, 2.75) is 32.2 Å². The van der Waals surface area contributed by atoms with Gasteiger partial charge in [-0.3, -0.25) is 9.59 Å². The van der Waals surface area contributed by atoms with E-state index in [1.807, 2.05) is 17.0 Å². The fourth-order valence-electron chi connectivity index (χ4n) is 3.70. The van der Waals surface area contributed by atoms with E-state index in [1.165, 1.54) is 6.07 Å². The van der Waals surface area contributed by atoms with Crippen LogP contribution in [-0.2, 0) is 24.2 Å². The van der Waals surface area contributed by atoms with Crippen LogP contribution in [0.1, 0.15) is 39.9 Å². The van der Waals surface area contributed by atoms with E-state index in [0.717, 1.165) is 36.2 Å². The molecule has 0 fully saturated rings. The minimum atomic E-state index is -0.322. The summed E-state index contributed by atoms with van der Waals surface area (Å²) in [6.07, 6.45) is 2.96. The van der Waals surface area contributed by atoms with Crippen molar-refractivity contribution in [2.75, 3.05) is 11.4 Å². The van der Waals surface area contributed by atoms with Gasteiger partial charge in [-0.15, -0.1) is 0 Å². The van der Waals surface area contributed by atoms with Crippen molar-refractivity contribution >= 4 is 17.5 Å². The second-order valence-corrected chi connectivity index (χ2v) is 6.57. The molecule has 2 aromatic rings. The summed E-state index contributed by atoms with van der Waals surface area (Å²) in [6.45, 7) is 0.917. The number of carbonyl (C=O) groups excluding carboxylic acids is 2. The summed E-state index contributed by atoms with van der Waals surface area (Å²) in [6, 6.07) is 10.2. The molecule has 0 saturated carbocycles. The maximum atomic E-state index is 13.7. The molecule has 2 aliphatic heterocycles. The number of halogens is 1. The largest absolute Gasteiger partial charge is 0.348 e. The van der Waals surface area contributed by atoms with Crippen molar-refractivity contribution in [3.8, 4) is 0 Å². The van der Waals surface area contributed by atoms with Gasteiger partial charge in [-0.05, 0) is 48.6 Å². The fraction of sp³-hybridized carbons (Fsp3) is 0.300. The molecular formula is C20H19FN2O2. The molecule has 0 radical (unpaired) electrons. The fourth-order valence-corrected chi connectivity index (χ4v) is 3.70. The van der Waals surface area contributed by atoms with E-state index in [4.69, 9.17) is 0 Å². The summed E-state index contributed by atoms with van der Waals surface area (Å²) in [5.41, 5.74) is 4.18. The lowest BCUT2D eigenvalue weighted by Crippen LogP contribution is -2.39. The molecule has 1 N–H and O–H groups in total. The highest BCUT2D eigenvalue weighted by Crippen LogP contribution is 2.36. The zero-order valence-corrected chi connectivity index (χ0v) is 13.8. The minimum absolute atomic E-state index is 0.155. The van der Waals surface area contributed by atoms with E-state index in [0.29, 0.717) is 24.0 Å². The molecule has 2 aliphatic rings. The molecule has 0 unspecified atom stereocenters. The molecule has 0 atom stereocenters. The smallest absolute Gasteiger partial charge is 0.251 e. The van der Waals surface area contributed by atoms with Gasteiger partial charge in [-0.1, -0.05) is 18.2 Å². The molecule has 0 spiro atoms. The van der Waals surface area contributed by atoms with Gasteiger partial charge in [0.15, 0.2) is 0 Å². The van der Waals surface area contributed by atoms with E-state index in [-0.39, 0.29) is 24.2 Å². The maximum absolute atomic E-state index is 13.7. The number of aryl methyl sites for hydroxylation is 2. The molecule has 0 saturated heterocycles. The third-order valence-electron chi connectivity index (χ3n) is 4.93. The van der Waals surface area contributed by atoms with Crippen LogP contribution in [0.3, 0.4) is 0 Å². The molecule has 4 rings (SSSR count). The first-order valence-electron chi connectivity index (χ1n) is 8.61. The van der Waals surface area contributed by atoms with E-state index < -0.39 is 0 Å². The average molecular weight is 338 g/mol. The number of amides is 2. The summed E-state index contributed by atoms with van der Waals surface area (Å²) in [5.74, 6) is -0.362. The van der Waals surface area contributed by atoms with Gasteiger partial charge in [-0.25, -0.2) is 4.39 Å². The lowest BCUT2D eigenvalue weighted by atomic mass is 9.89. The van der Waals surface area contributed by atoms with Crippen LogP contribution in [0.4, 0.5) is 10.1 Å². The Labute approximate surface area is 145 Å². The molecule has 2 heterocycles. The molecule has 2 aromatic carbocycles. The van der Waals surface area contributed by atoms with Crippen LogP contribution in [0.2, 0.25) is 0 Å². The molecule has 0 aromatic heterocycles. The maximum Gasteiger partial charge on any atom is 0.251 e. The van der Waals surface area contributed by atoms with Crippen LogP contribution < -0.4 is 10.2 Å². The van der Waals surface area contributed by atoms with Crippen LogP contribution in [-0.4, -0.2) is 18.4 Å². The third-order valence-corrected chi connectivity index (χ3v) is 4.93. The van der Waals surface area contributed by atoms with E-state index in [9.17, 15) is 14.0 Å². The lowest BCUT2D eigenvalue weighted by Gasteiger charge is -2.35. The van der Waals surface area contributed by atoms with Gasteiger partial charge in [0.2, 0.25) is 5.91 Å². The molecule has 0 aliphatic carbocycles. The molecule has 5 heteroatoms. The highest BCUT2D eigenvalue weighted by atomic mass is 19.1. The molecule has 2 amide bonds. The minimum Gasteiger partial charge on any atom is -0.348 e. The van der Waals surface area contributed by atoms with Crippen LogP contribution >= 0.6 is 0 Å². The Balaban J connectivity index is 1.58. The molecule has 25 heavy (non-hydrogen) atoms. The average Bonchev–Trinajstić information content (AvgIpc) is 2.63. The van der Waals surface area contributed by atoms with Crippen molar-refractivity contribution in [1.82, 2.24) is 5.32 Å². The summed E-state index contributed by atoms with van der Waals surface area (Å²) in [5, 5.41) is 2.79. The number of anilines is 1. The first-order chi connectivity index (χ1) is 12.1. The van der Waals surface area contributed by atoms with Gasteiger partial charge in [0.25, 0.3) is 5.91 Å². The number of carbonyl (C=O) groups is 2. The second kappa shape index (κ2) is 6.31. The number of rotatable bonds is 3. The zero-order chi connectivity index (χ0) is 17.4. The van der Waals surface area contributed by atoms with Crippen LogP contribution in [0.15, 0.2) is 36.4 Å². The predicted octanol–water partition coefficient (Wildman–Crippen LogP) is 2.98. The van der Waals surface area contributed by atoms with Crippen LogP contribution in [0, 0.1) is 5.82 Å². The Bertz CT molecular complexity index is 846. The first-order valence-corrected chi connectivity index (χ1v) is 8.61. The molecule has 4 nitrogen and oxygen atoms in total. The topological polar surface area (TPSA) is 49.4 Å². The van der Waals surface area contributed by atoms with Gasteiger partial charge in [0.1, 0.15) is 5.82 Å².